The first kappa shape index (κ1) is 14.5. The number of methoxy groups -OCH3 is 1. The molecule has 1 atom stereocenters. The summed E-state index contributed by atoms with van der Waals surface area (Å²) in [6.45, 7) is 4.94. The first-order chi connectivity index (χ1) is 10.2. The Morgan fingerprint density at radius 2 is 2.14 bits per heavy atom. The molecule has 1 aliphatic rings. The quantitative estimate of drug-likeness (QED) is 0.904. The second kappa shape index (κ2) is 6.16. The van der Waals surface area contributed by atoms with Gasteiger partial charge in [-0.3, -0.25) is 0 Å². The Morgan fingerprint density at radius 1 is 1.33 bits per heavy atom. The molecule has 1 aromatic heterocycles. The molecular formula is C17H22N2OS. The van der Waals surface area contributed by atoms with Gasteiger partial charge in [0.1, 0.15) is 0 Å². The minimum absolute atomic E-state index is 0.272. The van der Waals surface area contributed by atoms with Gasteiger partial charge in [0.2, 0.25) is 0 Å². The summed E-state index contributed by atoms with van der Waals surface area (Å²) in [4.78, 5) is 6.04. The Balaban J connectivity index is 1.84. The van der Waals surface area contributed by atoms with Crippen molar-refractivity contribution in [2.75, 3.05) is 19.0 Å². The maximum Gasteiger partial charge on any atom is 0.183 e. The van der Waals surface area contributed by atoms with E-state index in [0.717, 1.165) is 10.8 Å². The number of hydrogen-bond acceptors (Lipinski definition) is 4. The Hall–Kier alpha value is -1.39. The highest BCUT2D eigenvalue weighted by atomic mass is 32.1. The lowest BCUT2D eigenvalue weighted by Crippen LogP contribution is -2.20. The summed E-state index contributed by atoms with van der Waals surface area (Å²) in [6.07, 6.45) is 3.73. The number of nitrogens with zero attached hydrogens (tertiary/aromatic N) is 1. The normalized spacial score (nSPS) is 15.0. The van der Waals surface area contributed by atoms with Gasteiger partial charge < -0.3 is 10.1 Å². The van der Waals surface area contributed by atoms with Gasteiger partial charge in [-0.25, -0.2) is 4.98 Å². The van der Waals surface area contributed by atoms with Crippen molar-refractivity contribution in [1.82, 2.24) is 4.98 Å². The van der Waals surface area contributed by atoms with Crippen LogP contribution < -0.4 is 5.32 Å². The van der Waals surface area contributed by atoms with Gasteiger partial charge in [0, 0.05) is 23.6 Å². The zero-order chi connectivity index (χ0) is 14.8. The number of aromatic nitrogens is 1. The lowest BCUT2D eigenvalue weighted by Gasteiger charge is -2.10. The summed E-state index contributed by atoms with van der Waals surface area (Å²) < 4.78 is 5.16. The molecule has 0 fully saturated rings. The predicted molar refractivity (Wildman–Crippen MR) is 89.3 cm³/mol. The number of anilines is 1. The molecule has 2 aromatic rings. The molecule has 0 aliphatic heterocycles. The molecule has 21 heavy (non-hydrogen) atoms. The zero-order valence-corrected chi connectivity index (χ0v) is 13.7. The molecule has 3 rings (SSSR count). The van der Waals surface area contributed by atoms with Crippen LogP contribution in [0.3, 0.4) is 0 Å². The fraction of sp³-hybridized carbons (Fsp3) is 0.471. The van der Waals surface area contributed by atoms with Crippen molar-refractivity contribution < 1.29 is 4.74 Å². The number of ether oxygens (including phenoxy) is 1. The van der Waals surface area contributed by atoms with Crippen LogP contribution in [0.1, 0.15) is 29.3 Å². The number of nitrogens with one attached hydrogen (secondary N) is 1. The predicted octanol–water partition coefficient (Wildman–Crippen LogP) is 4.05. The molecule has 1 N–H and O–H groups in total. The number of aryl methyl sites for hydroxylation is 3. The molecule has 1 aromatic carbocycles. The molecule has 3 nitrogen and oxygen atoms in total. The van der Waals surface area contributed by atoms with Crippen molar-refractivity contribution in [3.05, 3.63) is 34.2 Å². The Morgan fingerprint density at radius 3 is 2.95 bits per heavy atom. The summed E-state index contributed by atoms with van der Waals surface area (Å²) in [5, 5.41) is 4.39. The van der Waals surface area contributed by atoms with Crippen LogP contribution in [-0.4, -0.2) is 24.7 Å². The Labute approximate surface area is 130 Å². The summed E-state index contributed by atoms with van der Waals surface area (Å²) in [7, 11) is 1.72. The van der Waals surface area contributed by atoms with Crippen LogP contribution in [0.2, 0.25) is 0 Å². The van der Waals surface area contributed by atoms with Crippen molar-refractivity contribution >= 4 is 16.5 Å². The second-order valence-electron chi connectivity index (χ2n) is 5.76. The molecule has 0 saturated heterocycles. The molecule has 0 radical (unpaired) electrons. The monoisotopic (exact) mass is 302 g/mol. The van der Waals surface area contributed by atoms with Crippen molar-refractivity contribution in [1.29, 1.82) is 0 Å². The number of hydrogen-bond donors (Lipinski definition) is 1. The smallest absolute Gasteiger partial charge is 0.183 e. The fourth-order valence-electron chi connectivity index (χ4n) is 2.95. The van der Waals surface area contributed by atoms with Crippen LogP contribution >= 0.6 is 11.3 Å². The van der Waals surface area contributed by atoms with Gasteiger partial charge in [-0.2, -0.15) is 0 Å². The van der Waals surface area contributed by atoms with Crippen molar-refractivity contribution in [2.45, 2.75) is 39.2 Å². The molecule has 0 unspecified atom stereocenters. The maximum atomic E-state index is 5.16. The third-order valence-corrected chi connectivity index (χ3v) is 4.86. The fourth-order valence-corrected chi connectivity index (χ4v) is 3.89. The van der Waals surface area contributed by atoms with Gasteiger partial charge in [0.05, 0.1) is 12.3 Å². The number of rotatable bonds is 5. The molecule has 4 heteroatoms. The lowest BCUT2D eigenvalue weighted by molar-refractivity contribution is 0.190. The van der Waals surface area contributed by atoms with Gasteiger partial charge in [0.15, 0.2) is 5.13 Å². The second-order valence-corrected chi connectivity index (χ2v) is 6.96. The van der Waals surface area contributed by atoms with E-state index in [1.54, 1.807) is 18.4 Å². The van der Waals surface area contributed by atoms with Crippen LogP contribution in [0, 0.1) is 6.92 Å². The SMILES string of the molecule is COC[C@@H](C)Nc1nc(-c2ccc3c(c2)CCC3)c(C)s1. The van der Waals surface area contributed by atoms with E-state index in [1.807, 2.05) is 0 Å². The van der Waals surface area contributed by atoms with Crippen LogP contribution in [0.5, 0.6) is 0 Å². The number of benzene rings is 1. The van der Waals surface area contributed by atoms with Crippen LogP contribution in [0.4, 0.5) is 5.13 Å². The number of fused-ring (bicyclic) bond motifs is 1. The van der Waals surface area contributed by atoms with Crippen LogP contribution in [0.25, 0.3) is 11.3 Å². The first-order valence-corrected chi connectivity index (χ1v) is 8.34. The van der Waals surface area contributed by atoms with Crippen LogP contribution in [-0.2, 0) is 17.6 Å². The summed E-state index contributed by atoms with van der Waals surface area (Å²) in [5.74, 6) is 0. The standard InChI is InChI=1S/C17H22N2OS/c1-11(10-20-3)18-17-19-16(12(2)21-17)15-8-7-13-5-4-6-14(13)9-15/h7-9,11H,4-6,10H2,1-3H3,(H,18,19)/t11-/m1/s1. The van der Waals surface area contributed by atoms with E-state index in [-0.39, 0.29) is 6.04 Å². The van der Waals surface area contributed by atoms with Gasteiger partial charge >= 0.3 is 0 Å². The van der Waals surface area contributed by atoms with E-state index in [4.69, 9.17) is 9.72 Å². The molecule has 0 spiro atoms. The van der Waals surface area contributed by atoms with Gasteiger partial charge in [-0.05, 0) is 50.3 Å². The lowest BCUT2D eigenvalue weighted by atomic mass is 10.0. The van der Waals surface area contributed by atoms with Gasteiger partial charge in [-0.15, -0.1) is 11.3 Å². The largest absolute Gasteiger partial charge is 0.383 e. The Kier molecular flexibility index (Phi) is 4.27. The minimum Gasteiger partial charge on any atom is -0.383 e. The first-order valence-electron chi connectivity index (χ1n) is 7.52. The van der Waals surface area contributed by atoms with E-state index in [9.17, 15) is 0 Å². The molecule has 0 saturated carbocycles. The van der Waals surface area contributed by atoms with E-state index in [0.29, 0.717) is 6.61 Å². The van der Waals surface area contributed by atoms with Crippen LogP contribution in [0.15, 0.2) is 18.2 Å². The summed E-state index contributed by atoms with van der Waals surface area (Å²) in [5.41, 5.74) is 5.37. The minimum atomic E-state index is 0.272. The molecular weight excluding hydrogens is 280 g/mol. The Bertz CT molecular complexity index is 636. The highest BCUT2D eigenvalue weighted by molar-refractivity contribution is 7.16. The molecule has 1 heterocycles. The number of thiazole rings is 1. The zero-order valence-electron chi connectivity index (χ0n) is 12.9. The van der Waals surface area contributed by atoms with Gasteiger partial charge in [0.25, 0.3) is 0 Å². The topological polar surface area (TPSA) is 34.1 Å². The average Bonchev–Trinajstić information content (AvgIpc) is 3.04. The van der Waals surface area contributed by atoms with Crippen molar-refractivity contribution in [2.24, 2.45) is 0 Å². The van der Waals surface area contributed by atoms with E-state index in [1.165, 1.54) is 40.8 Å². The third-order valence-electron chi connectivity index (χ3n) is 3.96. The summed E-state index contributed by atoms with van der Waals surface area (Å²) >= 11 is 1.72. The molecule has 0 bridgehead atoms. The maximum absolute atomic E-state index is 5.16. The van der Waals surface area contributed by atoms with E-state index >= 15 is 0 Å². The molecule has 112 valence electrons. The van der Waals surface area contributed by atoms with Crippen molar-refractivity contribution in [3.63, 3.8) is 0 Å². The highest BCUT2D eigenvalue weighted by Crippen LogP contribution is 2.33. The van der Waals surface area contributed by atoms with E-state index in [2.05, 4.69) is 37.4 Å². The molecule has 1 aliphatic carbocycles. The summed E-state index contributed by atoms with van der Waals surface area (Å²) in [6, 6.07) is 7.09. The average molecular weight is 302 g/mol. The van der Waals surface area contributed by atoms with Crippen molar-refractivity contribution in [3.8, 4) is 11.3 Å². The molecule has 0 amide bonds. The van der Waals surface area contributed by atoms with Gasteiger partial charge in [-0.1, -0.05) is 12.1 Å². The third kappa shape index (κ3) is 3.11. The van der Waals surface area contributed by atoms with E-state index < -0.39 is 0 Å². The highest BCUT2D eigenvalue weighted by Gasteiger charge is 2.15.